The molecule has 0 saturated heterocycles. The molecule has 0 aliphatic heterocycles. The fraction of sp³-hybridized carbons (Fsp3) is 0.667. The first-order chi connectivity index (χ1) is 9.09. The Morgan fingerprint density at radius 3 is 2.84 bits per heavy atom. The number of hydrogen-bond acceptors (Lipinski definition) is 3. The molecular formula is C15H20O4. The van der Waals surface area contributed by atoms with Crippen LogP contribution < -0.4 is 0 Å². The van der Waals surface area contributed by atoms with E-state index in [0.29, 0.717) is 18.8 Å². The number of rotatable bonds is 7. The van der Waals surface area contributed by atoms with Gasteiger partial charge in [0.1, 0.15) is 12.1 Å². The van der Waals surface area contributed by atoms with Gasteiger partial charge in [-0.15, -0.1) is 0 Å². The molecule has 0 spiro atoms. The van der Waals surface area contributed by atoms with Gasteiger partial charge in [0.05, 0.1) is 5.41 Å². The summed E-state index contributed by atoms with van der Waals surface area (Å²) in [4.78, 5) is 33.7. The van der Waals surface area contributed by atoms with Crippen molar-refractivity contribution >= 4 is 18.0 Å². The maximum atomic E-state index is 12.2. The molecule has 0 aromatic heterocycles. The molecule has 0 aromatic carbocycles. The van der Waals surface area contributed by atoms with Crippen LogP contribution in [-0.4, -0.2) is 23.1 Å². The zero-order chi connectivity index (χ0) is 13.9. The van der Waals surface area contributed by atoms with Crippen molar-refractivity contribution < 1.29 is 19.5 Å². The summed E-state index contributed by atoms with van der Waals surface area (Å²) in [6.45, 7) is 0. The van der Waals surface area contributed by atoms with Gasteiger partial charge >= 0.3 is 5.97 Å². The van der Waals surface area contributed by atoms with E-state index in [9.17, 15) is 14.4 Å². The Labute approximate surface area is 112 Å². The highest BCUT2D eigenvalue weighted by Crippen LogP contribution is 2.54. The van der Waals surface area contributed by atoms with Crippen molar-refractivity contribution in [2.24, 2.45) is 17.3 Å². The Balaban J connectivity index is 1.78. The smallest absolute Gasteiger partial charge is 0.303 e. The highest BCUT2D eigenvalue weighted by atomic mass is 16.4. The van der Waals surface area contributed by atoms with E-state index in [1.54, 1.807) is 0 Å². The average molecular weight is 264 g/mol. The van der Waals surface area contributed by atoms with Crippen molar-refractivity contribution in [2.75, 3.05) is 0 Å². The maximum absolute atomic E-state index is 12.2. The molecule has 4 nitrogen and oxygen atoms in total. The van der Waals surface area contributed by atoms with E-state index in [0.717, 1.165) is 32.0 Å². The zero-order valence-corrected chi connectivity index (χ0v) is 11.0. The van der Waals surface area contributed by atoms with Crippen LogP contribution in [0.4, 0.5) is 0 Å². The van der Waals surface area contributed by atoms with Crippen LogP contribution in [0, 0.1) is 17.3 Å². The molecule has 0 radical (unpaired) electrons. The third-order valence-electron chi connectivity index (χ3n) is 4.53. The third kappa shape index (κ3) is 2.77. The van der Waals surface area contributed by atoms with E-state index < -0.39 is 11.4 Å². The summed E-state index contributed by atoms with van der Waals surface area (Å²) in [6.07, 6.45) is 9.51. The minimum Gasteiger partial charge on any atom is -0.481 e. The van der Waals surface area contributed by atoms with Crippen LogP contribution in [0.1, 0.15) is 44.9 Å². The second-order valence-corrected chi connectivity index (χ2v) is 5.74. The summed E-state index contributed by atoms with van der Waals surface area (Å²) in [7, 11) is 0. The van der Waals surface area contributed by atoms with E-state index >= 15 is 0 Å². The summed E-state index contributed by atoms with van der Waals surface area (Å²) in [5.41, 5.74) is -0.660. The van der Waals surface area contributed by atoms with Crippen LogP contribution >= 0.6 is 0 Å². The fourth-order valence-corrected chi connectivity index (χ4v) is 3.46. The minimum absolute atomic E-state index is 0.00896. The molecule has 3 atom stereocenters. The quantitative estimate of drug-likeness (QED) is 0.331. The topological polar surface area (TPSA) is 71.4 Å². The van der Waals surface area contributed by atoms with Gasteiger partial charge in [0.25, 0.3) is 0 Å². The van der Waals surface area contributed by atoms with Crippen molar-refractivity contribution in [3.8, 4) is 0 Å². The molecule has 0 heterocycles. The third-order valence-corrected chi connectivity index (χ3v) is 4.53. The lowest BCUT2D eigenvalue weighted by Gasteiger charge is -2.23. The number of aldehydes is 1. The molecule has 2 aliphatic rings. The normalized spacial score (nSPS) is 33.2. The number of carbonyl (C=O) groups excluding carboxylic acids is 2. The van der Waals surface area contributed by atoms with Gasteiger partial charge in [0.15, 0.2) is 0 Å². The highest BCUT2D eigenvalue weighted by molar-refractivity contribution is 6.02. The van der Waals surface area contributed by atoms with E-state index in [1.165, 1.54) is 0 Å². The van der Waals surface area contributed by atoms with Gasteiger partial charge < -0.3 is 9.90 Å². The van der Waals surface area contributed by atoms with Crippen LogP contribution in [0.5, 0.6) is 0 Å². The van der Waals surface area contributed by atoms with Crippen LogP contribution in [0.3, 0.4) is 0 Å². The number of ketones is 1. The number of hydrogen-bond donors (Lipinski definition) is 1. The molecule has 2 fully saturated rings. The first kappa shape index (κ1) is 14.0. The lowest BCUT2D eigenvalue weighted by molar-refractivity contribution is -0.137. The molecule has 0 aromatic rings. The van der Waals surface area contributed by atoms with Gasteiger partial charge in [-0.25, -0.2) is 0 Å². The van der Waals surface area contributed by atoms with Crippen LogP contribution in [-0.2, 0) is 14.4 Å². The minimum atomic E-state index is -0.774. The largest absolute Gasteiger partial charge is 0.481 e. The molecule has 0 amide bonds. The van der Waals surface area contributed by atoms with Crippen molar-refractivity contribution in [3.05, 3.63) is 12.2 Å². The van der Waals surface area contributed by atoms with E-state index in [2.05, 4.69) is 0 Å². The zero-order valence-electron chi connectivity index (χ0n) is 11.0. The number of carboxylic acid groups (broad SMARTS) is 1. The van der Waals surface area contributed by atoms with Crippen LogP contribution in [0.25, 0.3) is 0 Å². The average Bonchev–Trinajstić information content (AvgIpc) is 2.92. The molecule has 2 rings (SSSR count). The van der Waals surface area contributed by atoms with Crippen molar-refractivity contribution in [1.82, 2.24) is 0 Å². The molecule has 1 N–H and O–H groups in total. The number of carbonyl (C=O) groups is 3. The Morgan fingerprint density at radius 2 is 2.21 bits per heavy atom. The maximum Gasteiger partial charge on any atom is 0.303 e. The number of unbranched alkanes of at least 4 members (excludes halogenated alkanes) is 1. The second-order valence-electron chi connectivity index (χ2n) is 5.74. The van der Waals surface area contributed by atoms with Crippen LogP contribution in [0.2, 0.25) is 0 Å². The molecule has 2 saturated carbocycles. The number of allylic oxidation sites excluding steroid dienone is 2. The van der Waals surface area contributed by atoms with Gasteiger partial charge in [-0.2, -0.15) is 0 Å². The number of fused-ring (bicyclic) bond motifs is 2. The molecule has 19 heavy (non-hydrogen) atoms. The lowest BCUT2D eigenvalue weighted by Crippen LogP contribution is -2.32. The Kier molecular flexibility index (Phi) is 4.17. The number of aliphatic carboxylic acids is 1. The summed E-state index contributed by atoms with van der Waals surface area (Å²) in [6, 6.07) is 0. The SMILES string of the molecule is O=CC12CCC(C1)C(CC=CCCCC(=O)O)C2=O. The molecule has 104 valence electrons. The van der Waals surface area contributed by atoms with Gasteiger partial charge in [-0.3, -0.25) is 9.59 Å². The second kappa shape index (κ2) is 5.68. The monoisotopic (exact) mass is 264 g/mol. The van der Waals surface area contributed by atoms with Crippen LogP contribution in [0.15, 0.2) is 12.2 Å². The fourth-order valence-electron chi connectivity index (χ4n) is 3.46. The van der Waals surface area contributed by atoms with Crippen molar-refractivity contribution in [3.63, 3.8) is 0 Å². The summed E-state index contributed by atoms with van der Waals surface area (Å²) < 4.78 is 0. The molecular weight excluding hydrogens is 244 g/mol. The van der Waals surface area contributed by atoms with Crippen molar-refractivity contribution in [2.45, 2.75) is 44.9 Å². The van der Waals surface area contributed by atoms with E-state index in [1.807, 2.05) is 12.2 Å². The number of carboxylic acids is 1. The Bertz CT molecular complexity index is 412. The standard InChI is InChI=1S/C15H20O4/c16-10-15-8-7-11(9-15)12(14(15)19)5-3-1-2-4-6-13(17)18/h1,3,10-12H,2,4-9H2,(H,17,18). The van der Waals surface area contributed by atoms with Gasteiger partial charge in [-0.05, 0) is 44.4 Å². The van der Waals surface area contributed by atoms with Gasteiger partial charge in [0, 0.05) is 12.3 Å². The molecule has 2 bridgehead atoms. The lowest BCUT2D eigenvalue weighted by atomic mass is 9.78. The van der Waals surface area contributed by atoms with Gasteiger partial charge in [0.2, 0.25) is 0 Å². The molecule has 2 aliphatic carbocycles. The van der Waals surface area contributed by atoms with Crippen molar-refractivity contribution in [1.29, 1.82) is 0 Å². The number of Topliss-reactive ketones (excluding diaryl/α,β-unsaturated/α-hetero) is 1. The first-order valence-corrected chi connectivity index (χ1v) is 6.96. The first-order valence-electron chi connectivity index (χ1n) is 6.96. The summed E-state index contributed by atoms with van der Waals surface area (Å²) in [5, 5.41) is 8.50. The van der Waals surface area contributed by atoms with Gasteiger partial charge in [-0.1, -0.05) is 12.2 Å². The predicted molar refractivity (Wildman–Crippen MR) is 69.6 cm³/mol. The molecule has 4 heteroatoms. The summed E-state index contributed by atoms with van der Waals surface area (Å²) >= 11 is 0. The Morgan fingerprint density at radius 1 is 1.42 bits per heavy atom. The highest BCUT2D eigenvalue weighted by Gasteiger charge is 2.56. The van der Waals surface area contributed by atoms with E-state index in [-0.39, 0.29) is 18.1 Å². The van der Waals surface area contributed by atoms with E-state index in [4.69, 9.17) is 5.11 Å². The summed E-state index contributed by atoms with van der Waals surface area (Å²) in [5.74, 6) is -0.255. The Hall–Kier alpha value is -1.45. The predicted octanol–water partition coefficient (Wildman–Crippen LogP) is 2.37. The molecule has 3 unspecified atom stereocenters.